The van der Waals surface area contributed by atoms with E-state index >= 15 is 0 Å². The quantitative estimate of drug-likeness (QED) is 0.877. The summed E-state index contributed by atoms with van der Waals surface area (Å²) >= 11 is 11.7. The van der Waals surface area contributed by atoms with Gasteiger partial charge in [-0.1, -0.05) is 28.4 Å². The van der Waals surface area contributed by atoms with Gasteiger partial charge < -0.3 is 10.1 Å². The summed E-state index contributed by atoms with van der Waals surface area (Å²) < 4.78 is 5.30. The predicted octanol–water partition coefficient (Wildman–Crippen LogP) is 1.76. The second-order valence-electron chi connectivity index (χ2n) is 3.92. The lowest BCUT2D eigenvalue weighted by molar-refractivity contribution is -0.123. The van der Waals surface area contributed by atoms with Gasteiger partial charge in [0.15, 0.2) is 12.4 Å². The smallest absolute Gasteiger partial charge is 0.258 e. The second-order valence-corrected chi connectivity index (χ2v) is 4.77. The zero-order chi connectivity index (χ0) is 14.5. The number of carbonyl (C=O) groups excluding carboxylic acids is 1. The number of aromatic amines is 1. The molecule has 0 aliphatic heterocycles. The first kappa shape index (κ1) is 14.5. The Kier molecular flexibility index (Phi) is 4.75. The molecule has 1 aromatic heterocycles. The molecule has 1 unspecified atom stereocenters. The van der Waals surface area contributed by atoms with Gasteiger partial charge in [0.05, 0.1) is 11.1 Å². The van der Waals surface area contributed by atoms with Crippen molar-refractivity contribution < 1.29 is 9.53 Å². The lowest BCUT2D eigenvalue weighted by Gasteiger charge is -2.11. The Morgan fingerprint density at radius 2 is 2.30 bits per heavy atom. The molecule has 1 amide bonds. The first-order chi connectivity index (χ1) is 9.56. The van der Waals surface area contributed by atoms with Gasteiger partial charge in [-0.05, 0) is 19.1 Å². The highest BCUT2D eigenvalue weighted by Gasteiger charge is 2.14. The number of nitrogens with zero attached hydrogens (tertiary/aromatic N) is 3. The standard InChI is InChI=1S/C11H11Cl2N5O2/c1-6(11-15-17-18-16-11)14-10(19)5-20-9-4-7(12)2-3-8(9)13/h2-4,6H,5H2,1H3,(H,14,19)(H,15,16,17,18). The summed E-state index contributed by atoms with van der Waals surface area (Å²) in [5.41, 5.74) is 0. The number of H-pyrrole nitrogens is 1. The number of benzene rings is 1. The Bertz CT molecular complexity index is 591. The molecule has 0 aliphatic rings. The fourth-order valence-electron chi connectivity index (χ4n) is 1.43. The molecule has 7 nitrogen and oxygen atoms in total. The van der Waals surface area contributed by atoms with Gasteiger partial charge in [0, 0.05) is 11.1 Å². The van der Waals surface area contributed by atoms with E-state index in [0.29, 0.717) is 21.6 Å². The third-order valence-corrected chi connectivity index (χ3v) is 2.93. The molecule has 9 heteroatoms. The summed E-state index contributed by atoms with van der Waals surface area (Å²) in [4.78, 5) is 11.7. The molecule has 1 aromatic carbocycles. The maximum atomic E-state index is 11.7. The van der Waals surface area contributed by atoms with Crippen molar-refractivity contribution in [1.29, 1.82) is 0 Å². The number of halogens is 2. The van der Waals surface area contributed by atoms with Crippen LogP contribution in [0.4, 0.5) is 0 Å². The third kappa shape index (κ3) is 3.82. The number of tetrazole rings is 1. The molecule has 0 aliphatic carbocycles. The highest BCUT2D eigenvalue weighted by Crippen LogP contribution is 2.27. The van der Waals surface area contributed by atoms with Crippen LogP contribution in [0.15, 0.2) is 18.2 Å². The van der Waals surface area contributed by atoms with E-state index in [1.807, 2.05) is 0 Å². The van der Waals surface area contributed by atoms with Crippen LogP contribution < -0.4 is 10.1 Å². The van der Waals surface area contributed by atoms with Gasteiger partial charge in [0.2, 0.25) is 0 Å². The molecule has 2 rings (SSSR count). The maximum Gasteiger partial charge on any atom is 0.258 e. The Balaban J connectivity index is 1.87. The zero-order valence-electron chi connectivity index (χ0n) is 10.4. The first-order valence-electron chi connectivity index (χ1n) is 5.67. The minimum atomic E-state index is -0.375. The molecule has 1 atom stereocenters. The van der Waals surface area contributed by atoms with Gasteiger partial charge in [-0.3, -0.25) is 4.79 Å². The van der Waals surface area contributed by atoms with Gasteiger partial charge >= 0.3 is 0 Å². The van der Waals surface area contributed by atoms with E-state index in [0.717, 1.165) is 0 Å². The molecule has 0 spiro atoms. The van der Waals surface area contributed by atoms with Crippen molar-refractivity contribution in [2.24, 2.45) is 0 Å². The Morgan fingerprint density at radius 3 is 3.00 bits per heavy atom. The first-order valence-corrected chi connectivity index (χ1v) is 6.42. The van der Waals surface area contributed by atoms with Gasteiger partial charge in [-0.25, -0.2) is 0 Å². The number of nitrogens with one attached hydrogen (secondary N) is 2. The van der Waals surface area contributed by atoms with Crippen molar-refractivity contribution in [2.45, 2.75) is 13.0 Å². The average molecular weight is 316 g/mol. The SMILES string of the molecule is CC(NC(=O)COc1cc(Cl)ccc1Cl)c1nn[nH]n1. The molecule has 106 valence electrons. The van der Waals surface area contributed by atoms with Crippen molar-refractivity contribution in [3.63, 3.8) is 0 Å². The number of hydrogen-bond acceptors (Lipinski definition) is 5. The van der Waals surface area contributed by atoms with Crippen LogP contribution in [0.5, 0.6) is 5.75 Å². The van der Waals surface area contributed by atoms with Crippen LogP contribution in [-0.2, 0) is 4.79 Å². The fraction of sp³-hybridized carbons (Fsp3) is 0.273. The molecule has 2 aromatic rings. The maximum absolute atomic E-state index is 11.7. The Morgan fingerprint density at radius 1 is 1.50 bits per heavy atom. The predicted molar refractivity (Wildman–Crippen MR) is 72.7 cm³/mol. The van der Waals surface area contributed by atoms with Crippen LogP contribution in [0.25, 0.3) is 0 Å². The molecule has 20 heavy (non-hydrogen) atoms. The molecule has 0 radical (unpaired) electrons. The topological polar surface area (TPSA) is 92.8 Å². The van der Waals surface area contributed by atoms with Crippen LogP contribution in [0.2, 0.25) is 10.0 Å². The van der Waals surface area contributed by atoms with Gasteiger partial charge in [0.25, 0.3) is 5.91 Å². The number of carbonyl (C=O) groups is 1. The van der Waals surface area contributed by atoms with E-state index in [1.165, 1.54) is 0 Å². The van der Waals surface area contributed by atoms with Crippen molar-refractivity contribution in [3.05, 3.63) is 34.1 Å². The molecule has 0 fully saturated rings. The largest absolute Gasteiger partial charge is 0.482 e. The molecule has 0 bridgehead atoms. The molecular formula is C11H11Cl2N5O2. The van der Waals surface area contributed by atoms with Crippen molar-refractivity contribution in [2.75, 3.05) is 6.61 Å². The molecule has 2 N–H and O–H groups in total. The highest BCUT2D eigenvalue weighted by molar-refractivity contribution is 6.34. The highest BCUT2D eigenvalue weighted by atomic mass is 35.5. The van der Waals surface area contributed by atoms with E-state index in [9.17, 15) is 4.79 Å². The summed E-state index contributed by atoms with van der Waals surface area (Å²) in [6.07, 6.45) is 0. The number of aromatic nitrogens is 4. The number of amides is 1. The average Bonchev–Trinajstić information content (AvgIpc) is 2.94. The lowest BCUT2D eigenvalue weighted by atomic mass is 10.3. The Hall–Kier alpha value is -1.86. The Labute approximate surface area is 124 Å². The van der Waals surface area contributed by atoms with E-state index in [4.69, 9.17) is 27.9 Å². The summed E-state index contributed by atoms with van der Waals surface area (Å²) in [5.74, 6) is 0.402. The molecular weight excluding hydrogens is 305 g/mol. The van der Waals surface area contributed by atoms with E-state index in [-0.39, 0.29) is 18.6 Å². The van der Waals surface area contributed by atoms with Gasteiger partial charge in [-0.2, -0.15) is 5.21 Å². The van der Waals surface area contributed by atoms with E-state index < -0.39 is 0 Å². The van der Waals surface area contributed by atoms with Crippen molar-refractivity contribution >= 4 is 29.1 Å². The van der Waals surface area contributed by atoms with Crippen LogP contribution in [0.3, 0.4) is 0 Å². The minimum absolute atomic E-state index is 0.192. The van der Waals surface area contributed by atoms with E-state index in [2.05, 4.69) is 25.9 Å². The van der Waals surface area contributed by atoms with Crippen LogP contribution >= 0.6 is 23.2 Å². The molecule has 0 saturated heterocycles. The minimum Gasteiger partial charge on any atom is -0.482 e. The van der Waals surface area contributed by atoms with Crippen LogP contribution in [0.1, 0.15) is 18.8 Å². The fourth-order valence-corrected chi connectivity index (χ4v) is 1.77. The van der Waals surface area contributed by atoms with Gasteiger partial charge in [-0.15, -0.1) is 10.2 Å². The van der Waals surface area contributed by atoms with E-state index in [1.54, 1.807) is 25.1 Å². The monoisotopic (exact) mass is 315 g/mol. The zero-order valence-corrected chi connectivity index (χ0v) is 11.9. The van der Waals surface area contributed by atoms with Crippen molar-refractivity contribution in [3.8, 4) is 5.75 Å². The lowest BCUT2D eigenvalue weighted by Crippen LogP contribution is -2.31. The number of rotatable bonds is 5. The van der Waals surface area contributed by atoms with Crippen molar-refractivity contribution in [1.82, 2.24) is 25.9 Å². The molecule has 0 saturated carbocycles. The summed E-state index contributed by atoms with van der Waals surface area (Å²) in [6, 6.07) is 4.40. The normalized spacial score (nSPS) is 11.9. The molecule has 1 heterocycles. The van der Waals surface area contributed by atoms with Crippen LogP contribution in [-0.4, -0.2) is 33.1 Å². The van der Waals surface area contributed by atoms with Crippen LogP contribution in [0, 0.1) is 0 Å². The third-order valence-electron chi connectivity index (χ3n) is 2.38. The second kappa shape index (κ2) is 6.53. The summed E-state index contributed by atoms with van der Waals surface area (Å²) in [7, 11) is 0. The number of ether oxygens (including phenoxy) is 1. The van der Waals surface area contributed by atoms with Gasteiger partial charge in [0.1, 0.15) is 5.75 Å². The summed E-state index contributed by atoms with van der Waals surface area (Å²) in [5, 5.41) is 16.8. The summed E-state index contributed by atoms with van der Waals surface area (Å²) in [6.45, 7) is 1.54. The number of hydrogen-bond donors (Lipinski definition) is 2.